The summed E-state index contributed by atoms with van der Waals surface area (Å²) in [6.45, 7) is 1.56. The topological polar surface area (TPSA) is 141 Å². The Kier molecular flexibility index (Phi) is 5.62. The maximum absolute atomic E-state index is 13.0. The first-order valence-electron chi connectivity index (χ1n) is 9.46. The molecule has 0 amide bonds. The smallest absolute Gasteiger partial charge is 0.338 e. The fourth-order valence-corrected chi connectivity index (χ4v) is 2.96. The highest BCUT2D eigenvalue weighted by Crippen LogP contribution is 2.15. The van der Waals surface area contributed by atoms with E-state index in [9.17, 15) is 14.0 Å². The number of nitrogens with two attached hydrogens (primary N) is 1. The first-order chi connectivity index (χ1) is 15.4. The fraction of sp³-hybridized carbons (Fsp3) is 0.0952. The number of H-pyrrole nitrogens is 1. The minimum atomic E-state index is -0.596. The molecule has 2 heterocycles. The second-order valence-corrected chi connectivity index (χ2v) is 6.76. The third-order valence-corrected chi connectivity index (χ3v) is 4.45. The third-order valence-electron chi connectivity index (χ3n) is 4.45. The molecule has 2 aromatic heterocycles. The highest BCUT2D eigenvalue weighted by atomic mass is 19.1. The van der Waals surface area contributed by atoms with Gasteiger partial charge in [-0.05, 0) is 55.5 Å². The number of aromatic nitrogens is 5. The number of halogens is 1. The van der Waals surface area contributed by atoms with Crippen molar-refractivity contribution in [2.24, 2.45) is 0 Å². The molecule has 0 unspecified atom stereocenters. The largest absolute Gasteiger partial charge is 0.454 e. The van der Waals surface area contributed by atoms with E-state index in [4.69, 9.17) is 10.5 Å². The molecule has 0 fully saturated rings. The lowest BCUT2D eigenvalue weighted by Crippen LogP contribution is -2.16. The average molecular weight is 435 g/mol. The Morgan fingerprint density at radius 2 is 1.84 bits per heavy atom. The van der Waals surface area contributed by atoms with E-state index in [1.54, 1.807) is 37.4 Å². The molecule has 4 N–H and O–H groups in total. The molecule has 0 saturated heterocycles. The van der Waals surface area contributed by atoms with Crippen molar-refractivity contribution in [1.29, 1.82) is 0 Å². The number of aryl methyl sites for hydroxylation is 1. The summed E-state index contributed by atoms with van der Waals surface area (Å²) in [7, 11) is 0. The van der Waals surface area contributed by atoms with Crippen LogP contribution in [0.1, 0.15) is 21.9 Å². The maximum Gasteiger partial charge on any atom is 0.338 e. The molecule has 0 bridgehead atoms. The molecule has 0 aliphatic heterocycles. The van der Waals surface area contributed by atoms with Crippen LogP contribution in [0.2, 0.25) is 0 Å². The molecule has 2 aromatic carbocycles. The van der Waals surface area contributed by atoms with Gasteiger partial charge in [0.2, 0.25) is 11.9 Å². The summed E-state index contributed by atoms with van der Waals surface area (Å²) >= 11 is 0. The zero-order chi connectivity index (χ0) is 22.7. The van der Waals surface area contributed by atoms with Crippen LogP contribution in [0.15, 0.2) is 59.5 Å². The fourth-order valence-electron chi connectivity index (χ4n) is 2.96. The normalized spacial score (nSPS) is 10.7. The van der Waals surface area contributed by atoms with Crippen molar-refractivity contribution in [3.05, 3.63) is 88.1 Å². The van der Waals surface area contributed by atoms with Crippen LogP contribution in [0.5, 0.6) is 0 Å². The Balaban J connectivity index is 1.43. The molecule has 32 heavy (non-hydrogen) atoms. The number of carbonyl (C=O) groups excluding carboxylic acids is 1. The predicted octanol–water partition coefficient (Wildman–Crippen LogP) is 2.48. The van der Waals surface area contributed by atoms with Gasteiger partial charge in [-0.1, -0.05) is 0 Å². The number of benzene rings is 2. The van der Waals surface area contributed by atoms with Gasteiger partial charge in [-0.15, -0.1) is 0 Å². The van der Waals surface area contributed by atoms with Crippen molar-refractivity contribution >= 4 is 23.6 Å². The van der Waals surface area contributed by atoms with E-state index in [1.807, 2.05) is 0 Å². The van der Waals surface area contributed by atoms with Crippen LogP contribution < -0.4 is 16.7 Å². The number of hydrogen-bond donors (Lipinski definition) is 3. The Hall–Kier alpha value is -4.54. The number of esters is 1. The van der Waals surface area contributed by atoms with Crippen LogP contribution in [-0.4, -0.2) is 30.5 Å². The van der Waals surface area contributed by atoms with Crippen molar-refractivity contribution in [2.75, 3.05) is 11.1 Å². The number of anilines is 3. The number of imidazole rings is 1. The number of nitrogens with one attached hydrogen (secondary N) is 2. The van der Waals surface area contributed by atoms with Crippen LogP contribution in [0.25, 0.3) is 5.69 Å². The van der Waals surface area contributed by atoms with E-state index in [-0.39, 0.29) is 35.8 Å². The molecular weight excluding hydrogens is 417 g/mol. The van der Waals surface area contributed by atoms with Gasteiger partial charge in [0.25, 0.3) is 0 Å². The number of hydrogen-bond acceptors (Lipinski definition) is 8. The van der Waals surface area contributed by atoms with Crippen molar-refractivity contribution in [3.63, 3.8) is 0 Å². The minimum absolute atomic E-state index is 0.0627. The number of ether oxygens (including phenoxy) is 1. The van der Waals surface area contributed by atoms with Crippen LogP contribution in [0.3, 0.4) is 0 Å². The van der Waals surface area contributed by atoms with Crippen molar-refractivity contribution in [2.45, 2.75) is 13.5 Å². The Morgan fingerprint density at radius 1 is 1.12 bits per heavy atom. The van der Waals surface area contributed by atoms with E-state index in [2.05, 4.69) is 25.3 Å². The summed E-state index contributed by atoms with van der Waals surface area (Å²) in [5, 5.41) is 2.88. The molecule has 0 aliphatic rings. The first kappa shape index (κ1) is 20.7. The summed E-state index contributed by atoms with van der Waals surface area (Å²) in [4.78, 5) is 38.9. The Labute approximate surface area is 180 Å². The maximum atomic E-state index is 13.0. The summed E-state index contributed by atoms with van der Waals surface area (Å²) in [6, 6.07) is 12.0. The zero-order valence-corrected chi connectivity index (χ0v) is 16.9. The van der Waals surface area contributed by atoms with Crippen molar-refractivity contribution in [1.82, 2.24) is 24.5 Å². The summed E-state index contributed by atoms with van der Waals surface area (Å²) in [5.74, 6) is -0.760. The van der Waals surface area contributed by atoms with Gasteiger partial charge in [-0.2, -0.15) is 15.0 Å². The summed E-state index contributed by atoms with van der Waals surface area (Å²) in [6.07, 6.45) is 1.60. The lowest BCUT2D eigenvalue weighted by atomic mass is 10.2. The van der Waals surface area contributed by atoms with Gasteiger partial charge in [0.15, 0.2) is 12.4 Å². The number of carbonyl (C=O) groups is 1. The van der Waals surface area contributed by atoms with Gasteiger partial charge >= 0.3 is 11.7 Å². The molecular formula is C21H18FN7O3. The second kappa shape index (κ2) is 8.68. The highest BCUT2D eigenvalue weighted by molar-refractivity contribution is 5.89. The van der Waals surface area contributed by atoms with Crippen molar-refractivity contribution < 1.29 is 13.9 Å². The van der Waals surface area contributed by atoms with Gasteiger partial charge in [-0.3, -0.25) is 4.57 Å². The molecule has 0 aliphatic carbocycles. The lowest BCUT2D eigenvalue weighted by Gasteiger charge is -2.09. The average Bonchev–Trinajstić information content (AvgIpc) is 3.11. The van der Waals surface area contributed by atoms with Gasteiger partial charge in [-0.25, -0.2) is 14.0 Å². The summed E-state index contributed by atoms with van der Waals surface area (Å²) in [5.41, 5.74) is 7.64. The number of nitrogen functional groups attached to an aromatic ring is 1. The van der Waals surface area contributed by atoms with Gasteiger partial charge < -0.3 is 20.8 Å². The number of rotatable bonds is 6. The molecule has 4 rings (SSSR count). The number of nitrogens with zero attached hydrogens (tertiary/aromatic N) is 4. The van der Waals surface area contributed by atoms with E-state index >= 15 is 0 Å². The van der Waals surface area contributed by atoms with E-state index < -0.39 is 5.97 Å². The van der Waals surface area contributed by atoms with Gasteiger partial charge in [0.05, 0.1) is 11.3 Å². The predicted molar refractivity (Wildman–Crippen MR) is 114 cm³/mol. The monoisotopic (exact) mass is 435 g/mol. The first-order valence-corrected chi connectivity index (χ1v) is 9.46. The Morgan fingerprint density at radius 3 is 2.50 bits per heavy atom. The molecule has 11 heteroatoms. The van der Waals surface area contributed by atoms with Crippen LogP contribution in [0, 0.1) is 12.7 Å². The molecule has 0 saturated carbocycles. The molecule has 4 aromatic rings. The van der Waals surface area contributed by atoms with Crippen LogP contribution in [-0.2, 0) is 11.3 Å². The van der Waals surface area contributed by atoms with Crippen LogP contribution in [0.4, 0.5) is 22.0 Å². The molecule has 0 radical (unpaired) electrons. The minimum Gasteiger partial charge on any atom is -0.454 e. The van der Waals surface area contributed by atoms with Crippen LogP contribution >= 0.6 is 0 Å². The standard InChI is InChI=1S/C21H18FN7O3/c1-12-10-24-21(31)29(12)16-8-2-13(3-9-16)18(30)32-11-17-26-19(23)28-20(27-17)25-15-6-4-14(22)5-7-15/h2-10H,11H2,1H3,(H,24,31)(H3,23,25,26,27,28). The third kappa shape index (κ3) is 4.61. The highest BCUT2D eigenvalue weighted by Gasteiger charge is 2.12. The second-order valence-electron chi connectivity index (χ2n) is 6.76. The van der Waals surface area contributed by atoms with Gasteiger partial charge in [0, 0.05) is 17.6 Å². The zero-order valence-electron chi connectivity index (χ0n) is 16.9. The molecule has 162 valence electrons. The van der Waals surface area contributed by atoms with E-state index in [1.165, 1.54) is 28.8 Å². The number of aromatic amines is 1. The lowest BCUT2D eigenvalue weighted by molar-refractivity contribution is 0.0462. The Bertz CT molecular complexity index is 1310. The van der Waals surface area contributed by atoms with E-state index in [0.29, 0.717) is 16.9 Å². The van der Waals surface area contributed by atoms with Gasteiger partial charge in [0.1, 0.15) is 5.82 Å². The SMILES string of the molecule is Cc1c[nH]c(=O)n1-c1ccc(C(=O)OCc2nc(N)nc(Nc3ccc(F)cc3)n2)cc1. The van der Waals surface area contributed by atoms with Crippen molar-refractivity contribution in [3.8, 4) is 5.69 Å². The molecule has 10 nitrogen and oxygen atoms in total. The van der Waals surface area contributed by atoms with E-state index in [0.717, 1.165) is 5.69 Å². The molecule has 0 atom stereocenters. The summed E-state index contributed by atoms with van der Waals surface area (Å²) < 4.78 is 19.8. The molecule has 0 spiro atoms. The quantitative estimate of drug-likeness (QED) is 0.392.